The Hall–Kier alpha value is -2.87. The first-order chi connectivity index (χ1) is 11.6. The van der Waals surface area contributed by atoms with Gasteiger partial charge in [-0.2, -0.15) is 0 Å². The van der Waals surface area contributed by atoms with Crippen LogP contribution in [0.4, 0.5) is 0 Å². The molecule has 1 N–H and O–H groups in total. The molecular formula is C22H21NO. The minimum absolute atomic E-state index is 0.0629. The Bertz CT molecular complexity index is 822. The Labute approximate surface area is 143 Å². The molecule has 3 rings (SSSR count). The molecule has 1 atom stereocenters. The Balaban J connectivity index is 1.95. The van der Waals surface area contributed by atoms with Gasteiger partial charge in [-0.1, -0.05) is 72.3 Å². The second-order valence-corrected chi connectivity index (χ2v) is 6.04. The average molecular weight is 315 g/mol. The van der Waals surface area contributed by atoms with Crippen LogP contribution < -0.4 is 5.32 Å². The van der Waals surface area contributed by atoms with Gasteiger partial charge in [0.05, 0.1) is 6.04 Å². The van der Waals surface area contributed by atoms with Crippen LogP contribution in [0.3, 0.4) is 0 Å². The summed E-state index contributed by atoms with van der Waals surface area (Å²) in [5.41, 5.74) is 5.17. The van der Waals surface area contributed by atoms with Crippen molar-refractivity contribution in [2.45, 2.75) is 19.9 Å². The molecule has 3 aromatic rings. The van der Waals surface area contributed by atoms with Gasteiger partial charge < -0.3 is 5.32 Å². The maximum atomic E-state index is 12.7. The number of aryl methyl sites for hydroxylation is 2. The molecule has 0 bridgehead atoms. The van der Waals surface area contributed by atoms with Gasteiger partial charge in [-0.05, 0) is 42.7 Å². The van der Waals surface area contributed by atoms with E-state index in [9.17, 15) is 4.79 Å². The molecular weight excluding hydrogens is 294 g/mol. The fourth-order valence-corrected chi connectivity index (χ4v) is 2.82. The van der Waals surface area contributed by atoms with E-state index < -0.39 is 0 Å². The fraction of sp³-hybridized carbons (Fsp3) is 0.136. The molecule has 0 saturated carbocycles. The minimum Gasteiger partial charge on any atom is -0.341 e. The highest BCUT2D eigenvalue weighted by atomic mass is 16.1. The second kappa shape index (κ2) is 7.14. The highest BCUT2D eigenvalue weighted by molar-refractivity contribution is 5.94. The molecule has 2 heteroatoms. The molecule has 0 radical (unpaired) electrons. The van der Waals surface area contributed by atoms with E-state index in [0.717, 1.165) is 22.3 Å². The first kappa shape index (κ1) is 16.0. The average Bonchev–Trinajstić information content (AvgIpc) is 2.61. The maximum absolute atomic E-state index is 12.7. The van der Waals surface area contributed by atoms with Gasteiger partial charge in [0.1, 0.15) is 0 Å². The molecule has 0 aliphatic heterocycles. The van der Waals surface area contributed by atoms with Crippen LogP contribution in [0.1, 0.15) is 38.7 Å². The highest BCUT2D eigenvalue weighted by Gasteiger charge is 2.19. The van der Waals surface area contributed by atoms with Crippen molar-refractivity contribution < 1.29 is 4.79 Å². The topological polar surface area (TPSA) is 29.1 Å². The molecule has 2 nitrogen and oxygen atoms in total. The normalized spacial score (nSPS) is 11.8. The zero-order chi connectivity index (χ0) is 16.9. The van der Waals surface area contributed by atoms with Crippen molar-refractivity contribution in [1.29, 1.82) is 0 Å². The lowest BCUT2D eigenvalue weighted by atomic mass is 9.94. The Morgan fingerprint density at radius 2 is 1.42 bits per heavy atom. The monoisotopic (exact) mass is 315 g/mol. The van der Waals surface area contributed by atoms with Crippen molar-refractivity contribution >= 4 is 5.91 Å². The number of hydrogen-bond donors (Lipinski definition) is 1. The molecule has 0 aromatic heterocycles. The van der Waals surface area contributed by atoms with E-state index in [2.05, 4.69) is 24.4 Å². The fourth-order valence-electron chi connectivity index (χ4n) is 2.82. The standard InChI is InChI=1S/C22H21NO/c1-16-12-14-19(15-13-16)22(24)23-21(18-9-4-3-5-10-18)20-11-7-6-8-17(20)2/h3-15,21H,1-2H3,(H,23,24)/t21-/m1/s1. The third-order valence-electron chi connectivity index (χ3n) is 4.22. The second-order valence-electron chi connectivity index (χ2n) is 6.04. The third kappa shape index (κ3) is 3.54. The number of amides is 1. The summed E-state index contributed by atoms with van der Waals surface area (Å²) in [5, 5.41) is 3.19. The van der Waals surface area contributed by atoms with Crippen molar-refractivity contribution in [2.75, 3.05) is 0 Å². The van der Waals surface area contributed by atoms with Crippen LogP contribution in [0.15, 0.2) is 78.9 Å². The van der Waals surface area contributed by atoms with E-state index >= 15 is 0 Å². The van der Waals surface area contributed by atoms with Crippen LogP contribution in [0.25, 0.3) is 0 Å². The molecule has 0 spiro atoms. The van der Waals surface area contributed by atoms with Gasteiger partial charge in [0, 0.05) is 5.56 Å². The van der Waals surface area contributed by atoms with Crippen LogP contribution in [0.5, 0.6) is 0 Å². The molecule has 0 aliphatic rings. The summed E-state index contributed by atoms with van der Waals surface area (Å²) in [6, 6.07) is 25.7. The summed E-state index contributed by atoms with van der Waals surface area (Å²) in [4.78, 5) is 12.7. The van der Waals surface area contributed by atoms with Crippen molar-refractivity contribution in [3.63, 3.8) is 0 Å². The van der Waals surface area contributed by atoms with Crippen LogP contribution in [0.2, 0.25) is 0 Å². The summed E-state index contributed by atoms with van der Waals surface area (Å²) >= 11 is 0. The molecule has 24 heavy (non-hydrogen) atoms. The van der Waals surface area contributed by atoms with E-state index in [1.54, 1.807) is 0 Å². The van der Waals surface area contributed by atoms with Crippen molar-refractivity contribution in [2.24, 2.45) is 0 Å². The maximum Gasteiger partial charge on any atom is 0.252 e. The van der Waals surface area contributed by atoms with Gasteiger partial charge in [0.15, 0.2) is 0 Å². The Morgan fingerprint density at radius 3 is 2.08 bits per heavy atom. The van der Waals surface area contributed by atoms with Crippen LogP contribution in [0, 0.1) is 13.8 Å². The molecule has 0 heterocycles. The molecule has 3 aromatic carbocycles. The smallest absolute Gasteiger partial charge is 0.252 e. The number of carbonyl (C=O) groups excluding carboxylic acids is 1. The minimum atomic E-state index is -0.166. The number of carbonyl (C=O) groups is 1. The lowest BCUT2D eigenvalue weighted by Crippen LogP contribution is -2.29. The zero-order valence-corrected chi connectivity index (χ0v) is 14.0. The van der Waals surface area contributed by atoms with Crippen molar-refractivity contribution in [3.8, 4) is 0 Å². The van der Waals surface area contributed by atoms with Gasteiger partial charge in [0.25, 0.3) is 5.91 Å². The van der Waals surface area contributed by atoms with Crippen molar-refractivity contribution in [3.05, 3.63) is 107 Å². The Kier molecular flexibility index (Phi) is 4.76. The first-order valence-corrected chi connectivity index (χ1v) is 8.13. The summed E-state index contributed by atoms with van der Waals surface area (Å²) in [7, 11) is 0. The molecule has 120 valence electrons. The Morgan fingerprint density at radius 1 is 0.792 bits per heavy atom. The van der Waals surface area contributed by atoms with Crippen LogP contribution in [-0.4, -0.2) is 5.91 Å². The number of nitrogens with one attached hydrogen (secondary N) is 1. The number of hydrogen-bond acceptors (Lipinski definition) is 1. The van der Waals surface area contributed by atoms with Gasteiger partial charge >= 0.3 is 0 Å². The van der Waals surface area contributed by atoms with Crippen LogP contribution in [-0.2, 0) is 0 Å². The lowest BCUT2D eigenvalue weighted by Gasteiger charge is -2.21. The summed E-state index contributed by atoms with van der Waals surface area (Å²) in [6.07, 6.45) is 0. The summed E-state index contributed by atoms with van der Waals surface area (Å²) < 4.78 is 0. The summed E-state index contributed by atoms with van der Waals surface area (Å²) in [6.45, 7) is 4.09. The van der Waals surface area contributed by atoms with Gasteiger partial charge in [-0.25, -0.2) is 0 Å². The molecule has 0 aliphatic carbocycles. The van der Waals surface area contributed by atoms with Gasteiger partial charge in [-0.15, -0.1) is 0 Å². The largest absolute Gasteiger partial charge is 0.341 e. The predicted octanol–water partition coefficient (Wildman–Crippen LogP) is 4.82. The number of rotatable bonds is 4. The molecule has 0 unspecified atom stereocenters. The number of benzene rings is 3. The molecule has 0 fully saturated rings. The van der Waals surface area contributed by atoms with E-state index in [4.69, 9.17) is 0 Å². The first-order valence-electron chi connectivity index (χ1n) is 8.13. The van der Waals surface area contributed by atoms with Gasteiger partial charge in [0.2, 0.25) is 0 Å². The lowest BCUT2D eigenvalue weighted by molar-refractivity contribution is 0.0943. The predicted molar refractivity (Wildman–Crippen MR) is 98.1 cm³/mol. The van der Waals surface area contributed by atoms with Gasteiger partial charge in [-0.3, -0.25) is 4.79 Å². The van der Waals surface area contributed by atoms with E-state index in [-0.39, 0.29) is 11.9 Å². The zero-order valence-electron chi connectivity index (χ0n) is 14.0. The quantitative estimate of drug-likeness (QED) is 0.734. The third-order valence-corrected chi connectivity index (χ3v) is 4.22. The van der Waals surface area contributed by atoms with Crippen molar-refractivity contribution in [1.82, 2.24) is 5.32 Å². The highest BCUT2D eigenvalue weighted by Crippen LogP contribution is 2.25. The van der Waals surface area contributed by atoms with E-state index in [0.29, 0.717) is 5.56 Å². The van der Waals surface area contributed by atoms with E-state index in [1.807, 2.05) is 73.7 Å². The molecule has 0 saturated heterocycles. The van der Waals surface area contributed by atoms with E-state index in [1.165, 1.54) is 0 Å². The summed E-state index contributed by atoms with van der Waals surface area (Å²) in [5.74, 6) is -0.0629. The SMILES string of the molecule is Cc1ccc(C(=O)N[C@H](c2ccccc2)c2ccccc2C)cc1. The molecule has 1 amide bonds. The van der Waals surface area contributed by atoms with Crippen LogP contribution >= 0.6 is 0 Å².